The lowest BCUT2D eigenvalue weighted by atomic mass is 10.2. The van der Waals surface area contributed by atoms with Crippen molar-refractivity contribution in [3.8, 4) is 0 Å². The van der Waals surface area contributed by atoms with Gasteiger partial charge in [0.2, 0.25) is 0 Å². The third-order valence-electron chi connectivity index (χ3n) is 3.65. The van der Waals surface area contributed by atoms with E-state index in [0.29, 0.717) is 22.6 Å². The summed E-state index contributed by atoms with van der Waals surface area (Å²) in [5.74, 6) is -0.281. The van der Waals surface area contributed by atoms with Crippen LogP contribution in [0.15, 0.2) is 53.5 Å². The number of nitrogens with zero attached hydrogens (tertiary/aromatic N) is 5. The Kier molecular flexibility index (Phi) is 3.58. The Bertz CT molecular complexity index is 1080. The van der Waals surface area contributed by atoms with Crippen molar-refractivity contribution in [1.82, 2.24) is 24.3 Å². The molecule has 0 aliphatic rings. The molecule has 0 saturated carbocycles. The zero-order valence-corrected chi connectivity index (χ0v) is 13.7. The first kappa shape index (κ1) is 14.6. The molecule has 1 N–H and O–H groups in total. The standard InChI is InChI=1S/C16H14N6OS/c1-21-9-11(7-19-21)10-22-5-6-24-16(22)20-15(23)13-8-18-14-12(13)3-2-4-17-14/h2-9H,10H2,1H3,(H,17,18). The van der Waals surface area contributed by atoms with Crippen LogP contribution < -0.4 is 4.80 Å². The zero-order valence-electron chi connectivity index (χ0n) is 12.9. The summed E-state index contributed by atoms with van der Waals surface area (Å²) in [6.45, 7) is 0.624. The number of H-pyrrole nitrogens is 1. The summed E-state index contributed by atoms with van der Waals surface area (Å²) in [5, 5.41) is 6.86. The fourth-order valence-corrected chi connectivity index (χ4v) is 3.26. The van der Waals surface area contributed by atoms with Crippen molar-refractivity contribution in [2.24, 2.45) is 12.0 Å². The second kappa shape index (κ2) is 5.89. The van der Waals surface area contributed by atoms with Gasteiger partial charge in [0, 0.05) is 48.2 Å². The van der Waals surface area contributed by atoms with E-state index in [1.807, 2.05) is 41.7 Å². The smallest absolute Gasteiger partial charge is 0.281 e. The maximum atomic E-state index is 12.6. The molecule has 0 saturated heterocycles. The van der Waals surface area contributed by atoms with Crippen molar-refractivity contribution in [1.29, 1.82) is 0 Å². The lowest BCUT2D eigenvalue weighted by Crippen LogP contribution is -2.16. The van der Waals surface area contributed by atoms with Gasteiger partial charge in [0.25, 0.3) is 5.91 Å². The van der Waals surface area contributed by atoms with Crippen LogP contribution in [0.1, 0.15) is 15.9 Å². The molecule has 24 heavy (non-hydrogen) atoms. The first-order valence-electron chi connectivity index (χ1n) is 7.33. The molecule has 0 radical (unpaired) electrons. The number of amides is 1. The average molecular weight is 338 g/mol. The van der Waals surface area contributed by atoms with Gasteiger partial charge >= 0.3 is 0 Å². The summed E-state index contributed by atoms with van der Waals surface area (Å²) in [6.07, 6.45) is 9.01. The maximum Gasteiger partial charge on any atom is 0.281 e. The van der Waals surface area contributed by atoms with Crippen LogP contribution >= 0.6 is 11.3 Å². The number of carbonyl (C=O) groups is 1. The molecule has 4 heterocycles. The van der Waals surface area contributed by atoms with Crippen LogP contribution in [0.4, 0.5) is 0 Å². The number of thiazole rings is 1. The summed E-state index contributed by atoms with van der Waals surface area (Å²) in [4.78, 5) is 24.7. The molecule has 4 rings (SSSR count). The molecule has 1 amide bonds. The van der Waals surface area contributed by atoms with Gasteiger partial charge in [-0.05, 0) is 12.1 Å². The van der Waals surface area contributed by atoms with Gasteiger partial charge in [0.05, 0.1) is 18.3 Å². The van der Waals surface area contributed by atoms with Crippen molar-refractivity contribution in [3.63, 3.8) is 0 Å². The van der Waals surface area contributed by atoms with Crippen LogP contribution in [0.25, 0.3) is 11.0 Å². The van der Waals surface area contributed by atoms with Gasteiger partial charge in [-0.15, -0.1) is 11.3 Å². The third kappa shape index (κ3) is 2.67. The topological polar surface area (TPSA) is 80.9 Å². The fraction of sp³-hybridized carbons (Fsp3) is 0.125. The fourth-order valence-electron chi connectivity index (χ4n) is 2.54. The quantitative estimate of drug-likeness (QED) is 0.620. The van der Waals surface area contributed by atoms with Gasteiger partial charge in [-0.2, -0.15) is 10.1 Å². The first-order chi connectivity index (χ1) is 11.7. The maximum absolute atomic E-state index is 12.6. The van der Waals surface area contributed by atoms with E-state index in [1.165, 1.54) is 11.3 Å². The van der Waals surface area contributed by atoms with Crippen molar-refractivity contribution < 1.29 is 4.79 Å². The van der Waals surface area contributed by atoms with Crippen LogP contribution in [0.5, 0.6) is 0 Å². The van der Waals surface area contributed by atoms with Gasteiger partial charge in [-0.25, -0.2) is 4.98 Å². The van der Waals surface area contributed by atoms with Crippen LogP contribution in [0, 0.1) is 0 Å². The SMILES string of the molecule is Cn1cc(Cn2ccsc2=NC(=O)c2c[nH]c3ncccc23)cn1. The molecule has 4 aromatic heterocycles. The molecule has 0 bridgehead atoms. The van der Waals surface area contributed by atoms with Gasteiger partial charge in [0.15, 0.2) is 4.80 Å². The van der Waals surface area contributed by atoms with E-state index in [9.17, 15) is 4.79 Å². The summed E-state index contributed by atoms with van der Waals surface area (Å²) >= 11 is 1.43. The van der Waals surface area contributed by atoms with Crippen molar-refractivity contribution in [2.75, 3.05) is 0 Å². The highest BCUT2D eigenvalue weighted by Gasteiger charge is 2.12. The number of aromatic nitrogens is 5. The minimum Gasteiger partial charge on any atom is -0.345 e. The minimum absolute atomic E-state index is 0.281. The van der Waals surface area contributed by atoms with Gasteiger partial charge in [-0.3, -0.25) is 9.48 Å². The highest BCUT2D eigenvalue weighted by molar-refractivity contribution is 7.07. The van der Waals surface area contributed by atoms with Crippen LogP contribution in [-0.4, -0.2) is 30.2 Å². The Morgan fingerprint density at radius 2 is 2.38 bits per heavy atom. The van der Waals surface area contributed by atoms with Crippen LogP contribution in [-0.2, 0) is 13.6 Å². The van der Waals surface area contributed by atoms with E-state index in [-0.39, 0.29) is 5.91 Å². The molecular formula is C16H14N6OS. The molecule has 0 spiro atoms. The van der Waals surface area contributed by atoms with Crippen molar-refractivity contribution >= 4 is 28.3 Å². The van der Waals surface area contributed by atoms with Crippen molar-refractivity contribution in [2.45, 2.75) is 6.54 Å². The van der Waals surface area contributed by atoms with Gasteiger partial charge in [0.1, 0.15) is 5.65 Å². The summed E-state index contributed by atoms with van der Waals surface area (Å²) < 4.78 is 3.69. The van der Waals surface area contributed by atoms with E-state index in [2.05, 4.69) is 20.1 Å². The van der Waals surface area contributed by atoms with E-state index < -0.39 is 0 Å². The highest BCUT2D eigenvalue weighted by atomic mass is 32.1. The zero-order chi connectivity index (χ0) is 16.5. The largest absolute Gasteiger partial charge is 0.345 e. The first-order valence-corrected chi connectivity index (χ1v) is 8.21. The Morgan fingerprint density at radius 1 is 1.46 bits per heavy atom. The molecule has 4 aromatic rings. The predicted molar refractivity (Wildman–Crippen MR) is 90.6 cm³/mol. The molecule has 120 valence electrons. The molecule has 0 atom stereocenters. The Balaban J connectivity index is 1.68. The minimum atomic E-state index is -0.281. The number of nitrogens with one attached hydrogen (secondary N) is 1. The number of hydrogen-bond donors (Lipinski definition) is 1. The molecule has 0 unspecified atom stereocenters. The van der Waals surface area contributed by atoms with E-state index in [4.69, 9.17) is 0 Å². The average Bonchev–Trinajstić information content (AvgIpc) is 3.28. The Hall–Kier alpha value is -3.00. The number of aryl methyl sites for hydroxylation is 1. The number of rotatable bonds is 3. The number of hydrogen-bond acceptors (Lipinski definition) is 4. The van der Waals surface area contributed by atoms with Crippen molar-refractivity contribution in [3.05, 3.63) is 64.4 Å². The number of carbonyl (C=O) groups excluding carboxylic acids is 1. The number of aromatic amines is 1. The van der Waals surface area contributed by atoms with Crippen LogP contribution in [0.3, 0.4) is 0 Å². The molecular weight excluding hydrogens is 324 g/mol. The van der Waals surface area contributed by atoms with E-state index in [1.54, 1.807) is 23.1 Å². The molecule has 8 heteroatoms. The Morgan fingerprint density at radius 3 is 3.21 bits per heavy atom. The van der Waals surface area contributed by atoms with Gasteiger partial charge < -0.3 is 9.55 Å². The van der Waals surface area contributed by atoms with Gasteiger partial charge in [-0.1, -0.05) is 0 Å². The molecule has 0 aromatic carbocycles. The second-order valence-electron chi connectivity index (χ2n) is 5.35. The number of pyridine rings is 1. The predicted octanol–water partition coefficient (Wildman–Crippen LogP) is 1.95. The lowest BCUT2D eigenvalue weighted by molar-refractivity contribution is 0.0999. The molecule has 0 aliphatic carbocycles. The third-order valence-corrected chi connectivity index (χ3v) is 4.44. The second-order valence-corrected chi connectivity index (χ2v) is 6.23. The normalized spacial score (nSPS) is 12.1. The number of fused-ring (bicyclic) bond motifs is 1. The summed E-state index contributed by atoms with van der Waals surface area (Å²) in [7, 11) is 1.88. The summed E-state index contributed by atoms with van der Waals surface area (Å²) in [6, 6.07) is 3.67. The highest BCUT2D eigenvalue weighted by Crippen LogP contribution is 2.16. The molecule has 7 nitrogen and oxygen atoms in total. The van der Waals surface area contributed by atoms with E-state index in [0.717, 1.165) is 10.9 Å². The monoisotopic (exact) mass is 338 g/mol. The summed E-state index contributed by atoms with van der Waals surface area (Å²) in [5.41, 5.74) is 2.27. The van der Waals surface area contributed by atoms with Crippen LogP contribution in [0.2, 0.25) is 0 Å². The lowest BCUT2D eigenvalue weighted by Gasteiger charge is -1.99. The molecule has 0 aliphatic heterocycles. The molecule has 0 fully saturated rings. The van der Waals surface area contributed by atoms with E-state index >= 15 is 0 Å². The Labute approximate surface area is 140 Å².